The third-order valence-electron chi connectivity index (χ3n) is 13.5. The summed E-state index contributed by atoms with van der Waals surface area (Å²) in [5.74, 6) is 4.72. The lowest BCUT2D eigenvalue weighted by molar-refractivity contribution is -0.0856. The second kappa shape index (κ2) is 22.0. The molecule has 9 rings (SSSR count). The van der Waals surface area contributed by atoms with Crippen LogP contribution in [-0.4, -0.2) is 49.6 Å². The van der Waals surface area contributed by atoms with Crippen LogP contribution in [0, 0.1) is 11.3 Å². The first-order valence-corrected chi connectivity index (χ1v) is 25.3. The average molecular weight is 989 g/mol. The molecule has 71 heavy (non-hydrogen) atoms. The van der Waals surface area contributed by atoms with E-state index in [0.29, 0.717) is 60.6 Å². The van der Waals surface area contributed by atoms with Crippen LogP contribution in [0.2, 0.25) is 5.02 Å². The van der Waals surface area contributed by atoms with Gasteiger partial charge in [0.2, 0.25) is 0 Å². The van der Waals surface area contributed by atoms with Gasteiger partial charge in [0.25, 0.3) is 0 Å². The fourth-order valence-corrected chi connectivity index (χ4v) is 10.5. The number of hydrogen-bond donors (Lipinski definition) is 1. The third kappa shape index (κ3) is 10.7. The van der Waals surface area contributed by atoms with E-state index in [1.165, 1.54) is 11.8 Å². The first kappa shape index (κ1) is 49.0. The summed E-state index contributed by atoms with van der Waals surface area (Å²) in [6, 6.07) is 40.9. The maximum Gasteiger partial charge on any atom is 0.189 e. The number of fused-ring (bicyclic) bond motifs is 3. The number of nitrogens with zero attached hydrogens (tertiary/aromatic N) is 6. The largest absolute Gasteiger partial charge is 0.497 e. The lowest BCUT2D eigenvalue weighted by Crippen LogP contribution is -2.41. The molecule has 1 aliphatic heterocycles. The summed E-state index contributed by atoms with van der Waals surface area (Å²) >= 11 is 8.86. The lowest BCUT2D eigenvalue weighted by Gasteiger charge is -2.44. The Balaban J connectivity index is 1.06. The van der Waals surface area contributed by atoms with E-state index in [1.54, 1.807) is 28.4 Å². The molecular weight excluding hydrogens is 930 g/mol. The first-order valence-electron chi connectivity index (χ1n) is 23.7. The minimum absolute atomic E-state index is 0.220. The molecule has 364 valence electrons. The second-order valence-electron chi connectivity index (χ2n) is 17.9. The molecule has 1 unspecified atom stereocenters. The molecule has 5 aromatic carbocycles. The number of nitrogens with one attached hydrogen (secondary N) is 1. The van der Waals surface area contributed by atoms with E-state index >= 15 is 0 Å². The zero-order valence-corrected chi connectivity index (χ0v) is 42.6. The van der Waals surface area contributed by atoms with Crippen molar-refractivity contribution in [2.24, 2.45) is 0 Å². The Bertz CT molecular complexity index is 2910. The second-order valence-corrected chi connectivity index (χ2v) is 19.1. The Morgan fingerprint density at radius 1 is 0.746 bits per heavy atom. The van der Waals surface area contributed by atoms with Crippen LogP contribution in [0.3, 0.4) is 0 Å². The van der Waals surface area contributed by atoms with Gasteiger partial charge in [-0.3, -0.25) is 0 Å². The molecule has 2 atom stereocenters. The first-order chi connectivity index (χ1) is 34.6. The zero-order valence-electron chi connectivity index (χ0n) is 41.0. The summed E-state index contributed by atoms with van der Waals surface area (Å²) in [6.45, 7) is 4.65. The molecule has 1 N–H and O–H groups in total. The van der Waals surface area contributed by atoms with Crippen LogP contribution in [0.25, 0.3) is 0 Å². The Kier molecular flexibility index (Phi) is 15.2. The summed E-state index contributed by atoms with van der Waals surface area (Å²) in [7, 11) is 6.68. The standard InChI is InChI=1S/C57H58ClN7O5S/c1-37(46-10-8-28-60-55(46)65(34-40-15-23-44(68-4)24-16-40)35-41-17-25-45(69-5)26-18-41)61-54-49-36-70-57(30-51(49)62-56(63-54)71-6)27-7-9-47-50(58)29-52(48(31-59)53(47)57)64(32-38-11-19-42(66-2)20-12-38)33-39-13-21-43(67-3)22-14-39/h8,10-26,28-29,37H,7,9,27,30,32-36H2,1-6H3,(H,61,62,63)/t37-,57?/m1/s1. The summed E-state index contributed by atoms with van der Waals surface area (Å²) in [5.41, 5.74) is 9.46. The highest BCUT2D eigenvalue weighted by Gasteiger charge is 2.46. The van der Waals surface area contributed by atoms with Crippen molar-refractivity contribution in [2.45, 2.75) is 82.2 Å². The number of ether oxygens (including phenoxy) is 5. The van der Waals surface area contributed by atoms with E-state index in [2.05, 4.69) is 82.7 Å². The summed E-state index contributed by atoms with van der Waals surface area (Å²) in [5, 5.41) is 16.4. The average Bonchev–Trinajstić information content (AvgIpc) is 3.41. The number of nitriles is 1. The molecule has 14 heteroatoms. The quantitative estimate of drug-likeness (QED) is 0.0648. The summed E-state index contributed by atoms with van der Waals surface area (Å²) in [6.07, 6.45) is 6.59. The maximum atomic E-state index is 11.3. The number of rotatable bonds is 18. The molecule has 0 radical (unpaired) electrons. The van der Waals surface area contributed by atoms with Gasteiger partial charge in [-0.15, -0.1) is 0 Å². The van der Waals surface area contributed by atoms with Crippen LogP contribution < -0.4 is 34.1 Å². The van der Waals surface area contributed by atoms with Gasteiger partial charge in [0.15, 0.2) is 5.16 Å². The molecule has 0 saturated heterocycles. The molecule has 3 heterocycles. The predicted molar refractivity (Wildman–Crippen MR) is 281 cm³/mol. The normalized spacial score (nSPS) is 15.2. The Hall–Kier alpha value is -6.98. The van der Waals surface area contributed by atoms with Crippen LogP contribution in [0.5, 0.6) is 23.0 Å². The van der Waals surface area contributed by atoms with Gasteiger partial charge < -0.3 is 38.8 Å². The van der Waals surface area contributed by atoms with Crippen molar-refractivity contribution < 1.29 is 23.7 Å². The maximum absolute atomic E-state index is 11.3. The summed E-state index contributed by atoms with van der Waals surface area (Å²) < 4.78 is 29.1. The van der Waals surface area contributed by atoms with Crippen molar-refractivity contribution >= 4 is 40.7 Å². The van der Waals surface area contributed by atoms with Gasteiger partial charge in [0, 0.05) is 60.5 Å². The smallest absolute Gasteiger partial charge is 0.189 e. The topological polar surface area (TPSA) is 127 Å². The number of anilines is 3. The molecule has 0 bridgehead atoms. The van der Waals surface area contributed by atoms with Crippen LogP contribution in [0.1, 0.15) is 81.6 Å². The van der Waals surface area contributed by atoms with Gasteiger partial charge in [0.1, 0.15) is 46.3 Å². The highest BCUT2D eigenvalue weighted by molar-refractivity contribution is 7.98. The molecule has 0 amide bonds. The van der Waals surface area contributed by atoms with E-state index in [9.17, 15) is 5.26 Å². The fourth-order valence-electron chi connectivity index (χ4n) is 9.86. The molecule has 2 aliphatic rings. The fraction of sp³-hybridized carbons (Fsp3) is 0.298. The third-order valence-corrected chi connectivity index (χ3v) is 14.4. The molecule has 1 spiro atoms. The number of hydrogen-bond acceptors (Lipinski definition) is 13. The van der Waals surface area contributed by atoms with E-state index in [0.717, 1.165) is 97.5 Å². The SMILES string of the molecule is COc1ccc(CN(Cc2ccc(OC)cc2)c2cc(Cl)c3c(c2C#N)C2(CCC3)Cc3nc(SC)nc(N[C@H](C)c4cccnc4N(Cc4ccc(OC)cc4)Cc4ccc(OC)cc4)c3CO2)cc1. The van der Waals surface area contributed by atoms with Crippen LogP contribution in [0.15, 0.2) is 127 Å². The van der Waals surface area contributed by atoms with Crippen molar-refractivity contribution in [1.82, 2.24) is 15.0 Å². The summed E-state index contributed by atoms with van der Waals surface area (Å²) in [4.78, 5) is 19.8. The van der Waals surface area contributed by atoms with Crippen molar-refractivity contribution in [2.75, 3.05) is 49.8 Å². The number of thioether (sulfide) groups is 1. The van der Waals surface area contributed by atoms with E-state index in [4.69, 9.17) is 50.2 Å². The number of benzene rings is 5. The molecule has 0 saturated carbocycles. The van der Waals surface area contributed by atoms with Crippen LogP contribution in [-0.2, 0) is 56.0 Å². The van der Waals surface area contributed by atoms with Gasteiger partial charge in [-0.1, -0.05) is 78.0 Å². The van der Waals surface area contributed by atoms with Crippen LogP contribution >= 0.6 is 23.4 Å². The molecule has 7 aromatic rings. The highest BCUT2D eigenvalue weighted by Crippen LogP contribution is 2.51. The zero-order chi connectivity index (χ0) is 49.5. The van der Waals surface area contributed by atoms with E-state index in [1.807, 2.05) is 73.1 Å². The van der Waals surface area contributed by atoms with Gasteiger partial charge in [0.05, 0.1) is 58.0 Å². The van der Waals surface area contributed by atoms with Gasteiger partial charge in [-0.2, -0.15) is 5.26 Å². The molecule has 2 aromatic heterocycles. The van der Waals surface area contributed by atoms with Gasteiger partial charge >= 0.3 is 0 Å². The van der Waals surface area contributed by atoms with Crippen LogP contribution in [0.4, 0.5) is 17.3 Å². The molecule has 1 aliphatic carbocycles. The Morgan fingerprint density at radius 2 is 1.27 bits per heavy atom. The minimum Gasteiger partial charge on any atom is -0.497 e. The molecule has 0 fully saturated rings. The van der Waals surface area contributed by atoms with E-state index < -0.39 is 5.60 Å². The van der Waals surface area contributed by atoms with E-state index in [-0.39, 0.29) is 12.6 Å². The Morgan fingerprint density at radius 3 is 1.76 bits per heavy atom. The van der Waals surface area contributed by atoms with Crippen molar-refractivity contribution in [3.05, 3.63) is 182 Å². The minimum atomic E-state index is -0.843. The highest BCUT2D eigenvalue weighted by atomic mass is 35.5. The molecule has 12 nitrogen and oxygen atoms in total. The van der Waals surface area contributed by atoms with Gasteiger partial charge in [-0.25, -0.2) is 15.0 Å². The van der Waals surface area contributed by atoms with Crippen molar-refractivity contribution in [1.29, 1.82) is 5.26 Å². The number of methoxy groups -OCH3 is 4. The predicted octanol–water partition coefficient (Wildman–Crippen LogP) is 12.0. The van der Waals surface area contributed by atoms with Crippen molar-refractivity contribution in [3.8, 4) is 29.1 Å². The molecular formula is C57H58ClN7O5S. The lowest BCUT2D eigenvalue weighted by atomic mass is 9.72. The number of aromatic nitrogens is 3. The Labute approximate surface area is 425 Å². The number of halogens is 1. The number of pyridine rings is 1. The van der Waals surface area contributed by atoms with Crippen molar-refractivity contribution in [3.63, 3.8) is 0 Å². The van der Waals surface area contributed by atoms with Gasteiger partial charge in [-0.05, 0) is 121 Å². The monoisotopic (exact) mass is 987 g/mol.